The molecule has 140 valence electrons. The van der Waals surface area contributed by atoms with Crippen molar-refractivity contribution in [1.29, 1.82) is 0 Å². The molecule has 2 saturated heterocycles. The number of likely N-dealkylation sites (tertiary alicyclic amines) is 2. The molecule has 0 radical (unpaired) electrons. The third kappa shape index (κ3) is 4.34. The highest BCUT2D eigenvalue weighted by Gasteiger charge is 2.29. The molecule has 0 unspecified atom stereocenters. The normalized spacial score (nSPS) is 25.0. The van der Waals surface area contributed by atoms with Crippen LogP contribution in [0.15, 0.2) is 40.9 Å². The molecule has 0 spiro atoms. The summed E-state index contributed by atoms with van der Waals surface area (Å²) in [5.41, 5.74) is 1.98. The van der Waals surface area contributed by atoms with Gasteiger partial charge in [-0.1, -0.05) is 35.5 Å². The van der Waals surface area contributed by atoms with E-state index in [2.05, 4.69) is 27.1 Å². The van der Waals surface area contributed by atoms with Crippen LogP contribution < -0.4 is 0 Å². The Hall–Kier alpha value is -1.69. The minimum Gasteiger partial charge on any atom is -0.396 e. The molecular formula is C21H29N3O2. The molecule has 4 rings (SSSR count). The van der Waals surface area contributed by atoms with E-state index in [1.807, 2.05) is 24.3 Å². The number of aliphatic hydroxyl groups is 1. The number of aliphatic hydroxyl groups excluding tert-OH is 1. The number of aromatic nitrogens is 1. The van der Waals surface area contributed by atoms with Gasteiger partial charge in [0.1, 0.15) is 5.69 Å². The van der Waals surface area contributed by atoms with E-state index in [9.17, 15) is 5.11 Å². The third-order valence-electron chi connectivity index (χ3n) is 5.68. The van der Waals surface area contributed by atoms with Gasteiger partial charge in [0.15, 0.2) is 5.76 Å². The van der Waals surface area contributed by atoms with E-state index in [4.69, 9.17) is 4.52 Å². The first kappa shape index (κ1) is 17.7. The van der Waals surface area contributed by atoms with Crippen molar-refractivity contribution in [3.05, 3.63) is 42.2 Å². The average Bonchev–Trinajstić information content (AvgIpc) is 3.34. The summed E-state index contributed by atoms with van der Waals surface area (Å²) in [4.78, 5) is 5.02. The maximum absolute atomic E-state index is 9.73. The van der Waals surface area contributed by atoms with Gasteiger partial charge in [-0.25, -0.2) is 0 Å². The van der Waals surface area contributed by atoms with Crippen LogP contribution in [0.4, 0.5) is 0 Å². The lowest BCUT2D eigenvalue weighted by Crippen LogP contribution is -2.44. The van der Waals surface area contributed by atoms with Gasteiger partial charge in [-0.3, -0.25) is 4.90 Å². The Morgan fingerprint density at radius 2 is 1.81 bits per heavy atom. The highest BCUT2D eigenvalue weighted by atomic mass is 16.5. The molecule has 2 fully saturated rings. The largest absolute Gasteiger partial charge is 0.396 e. The van der Waals surface area contributed by atoms with Gasteiger partial charge in [0, 0.05) is 37.9 Å². The predicted molar refractivity (Wildman–Crippen MR) is 102 cm³/mol. The summed E-state index contributed by atoms with van der Waals surface area (Å²) < 4.78 is 5.59. The first-order valence-electron chi connectivity index (χ1n) is 9.86. The molecule has 2 aliphatic rings. The maximum atomic E-state index is 9.73. The lowest BCUT2D eigenvalue weighted by molar-refractivity contribution is 0.0607. The van der Waals surface area contributed by atoms with Crippen LogP contribution in [-0.4, -0.2) is 59.4 Å². The molecule has 0 saturated carbocycles. The molecule has 2 aliphatic heterocycles. The molecular weight excluding hydrogens is 326 g/mol. The number of piperidine rings is 1. The third-order valence-corrected chi connectivity index (χ3v) is 5.68. The minimum absolute atomic E-state index is 0.276. The smallest absolute Gasteiger partial charge is 0.151 e. The molecule has 1 aromatic carbocycles. The standard InChI is InChI=1S/C21H29N3O2/c25-16-18-10-17(12-23-8-4-5-9-23)13-24(14-18)15-20-11-21(22-26-20)19-6-2-1-3-7-19/h1-3,6-7,11,17-18,25H,4-5,8-10,12-16H2/t17-,18+/m1/s1. The number of hydrogen-bond donors (Lipinski definition) is 1. The molecule has 2 atom stereocenters. The number of nitrogens with zero attached hydrogens (tertiary/aromatic N) is 3. The van der Waals surface area contributed by atoms with Crippen LogP contribution in [0.2, 0.25) is 0 Å². The Balaban J connectivity index is 1.39. The van der Waals surface area contributed by atoms with Crippen LogP contribution in [0.1, 0.15) is 25.0 Å². The fraction of sp³-hybridized carbons (Fsp3) is 0.571. The van der Waals surface area contributed by atoms with E-state index >= 15 is 0 Å². The van der Waals surface area contributed by atoms with E-state index in [0.717, 1.165) is 43.1 Å². The van der Waals surface area contributed by atoms with E-state index in [-0.39, 0.29) is 6.61 Å². The molecule has 0 aliphatic carbocycles. The number of hydrogen-bond acceptors (Lipinski definition) is 5. The van der Waals surface area contributed by atoms with Crippen LogP contribution >= 0.6 is 0 Å². The second-order valence-electron chi connectivity index (χ2n) is 7.90. The van der Waals surface area contributed by atoms with Crippen LogP contribution in [-0.2, 0) is 6.54 Å². The Labute approximate surface area is 155 Å². The minimum atomic E-state index is 0.276. The van der Waals surface area contributed by atoms with Crippen molar-refractivity contribution < 1.29 is 9.63 Å². The van der Waals surface area contributed by atoms with Crippen LogP contribution in [0, 0.1) is 11.8 Å². The first-order chi connectivity index (χ1) is 12.8. The van der Waals surface area contributed by atoms with Crippen molar-refractivity contribution in [1.82, 2.24) is 15.0 Å². The maximum Gasteiger partial charge on any atom is 0.151 e. The Kier molecular flexibility index (Phi) is 5.68. The molecule has 5 heteroatoms. The van der Waals surface area contributed by atoms with E-state index in [1.165, 1.54) is 32.5 Å². The van der Waals surface area contributed by atoms with E-state index < -0.39 is 0 Å². The average molecular weight is 355 g/mol. The Bertz CT molecular complexity index is 682. The Morgan fingerprint density at radius 1 is 1.04 bits per heavy atom. The highest BCUT2D eigenvalue weighted by Crippen LogP contribution is 2.26. The summed E-state index contributed by atoms with van der Waals surface area (Å²) in [6.45, 7) is 6.71. The lowest BCUT2D eigenvalue weighted by Gasteiger charge is -2.38. The van der Waals surface area contributed by atoms with Crippen molar-refractivity contribution in [3.63, 3.8) is 0 Å². The molecule has 0 amide bonds. The van der Waals surface area contributed by atoms with Gasteiger partial charge in [-0.05, 0) is 44.2 Å². The van der Waals surface area contributed by atoms with Gasteiger partial charge >= 0.3 is 0 Å². The van der Waals surface area contributed by atoms with Gasteiger partial charge in [-0.2, -0.15) is 0 Å². The van der Waals surface area contributed by atoms with E-state index in [1.54, 1.807) is 0 Å². The molecule has 26 heavy (non-hydrogen) atoms. The lowest BCUT2D eigenvalue weighted by atomic mass is 9.89. The Morgan fingerprint density at radius 3 is 2.58 bits per heavy atom. The monoisotopic (exact) mass is 355 g/mol. The molecule has 2 aromatic rings. The first-order valence-corrected chi connectivity index (χ1v) is 9.86. The van der Waals surface area contributed by atoms with Gasteiger partial charge in [0.2, 0.25) is 0 Å². The predicted octanol–water partition coefficient (Wildman–Crippen LogP) is 2.87. The zero-order valence-corrected chi connectivity index (χ0v) is 15.4. The van der Waals surface area contributed by atoms with Crippen LogP contribution in [0.3, 0.4) is 0 Å². The van der Waals surface area contributed by atoms with Crippen molar-refractivity contribution in [3.8, 4) is 11.3 Å². The number of benzene rings is 1. The van der Waals surface area contributed by atoms with Crippen molar-refractivity contribution in [2.24, 2.45) is 11.8 Å². The summed E-state index contributed by atoms with van der Waals surface area (Å²) in [6.07, 6.45) is 3.80. The van der Waals surface area contributed by atoms with Gasteiger partial charge in [0.25, 0.3) is 0 Å². The van der Waals surface area contributed by atoms with Crippen molar-refractivity contribution >= 4 is 0 Å². The van der Waals surface area contributed by atoms with Crippen molar-refractivity contribution in [2.75, 3.05) is 39.3 Å². The number of rotatable bonds is 6. The van der Waals surface area contributed by atoms with Crippen molar-refractivity contribution in [2.45, 2.75) is 25.8 Å². The fourth-order valence-electron chi connectivity index (χ4n) is 4.50. The zero-order chi connectivity index (χ0) is 17.8. The quantitative estimate of drug-likeness (QED) is 0.863. The van der Waals surface area contributed by atoms with Gasteiger partial charge < -0.3 is 14.5 Å². The summed E-state index contributed by atoms with van der Waals surface area (Å²) in [6, 6.07) is 12.2. The summed E-state index contributed by atoms with van der Waals surface area (Å²) in [7, 11) is 0. The topological polar surface area (TPSA) is 52.7 Å². The highest BCUT2D eigenvalue weighted by molar-refractivity contribution is 5.58. The summed E-state index contributed by atoms with van der Waals surface area (Å²) in [5, 5.41) is 14.0. The van der Waals surface area contributed by atoms with Gasteiger partial charge in [0.05, 0.1) is 6.54 Å². The molecule has 5 nitrogen and oxygen atoms in total. The van der Waals surface area contributed by atoms with Gasteiger partial charge in [-0.15, -0.1) is 0 Å². The molecule has 1 aromatic heterocycles. The zero-order valence-electron chi connectivity index (χ0n) is 15.4. The molecule has 1 N–H and O–H groups in total. The van der Waals surface area contributed by atoms with Crippen LogP contribution in [0.25, 0.3) is 11.3 Å². The summed E-state index contributed by atoms with van der Waals surface area (Å²) >= 11 is 0. The molecule has 0 bridgehead atoms. The fourth-order valence-corrected chi connectivity index (χ4v) is 4.50. The second kappa shape index (κ2) is 8.33. The van der Waals surface area contributed by atoms with E-state index in [0.29, 0.717) is 11.8 Å². The second-order valence-corrected chi connectivity index (χ2v) is 7.90. The van der Waals surface area contributed by atoms with Crippen LogP contribution in [0.5, 0.6) is 0 Å². The SMILES string of the molecule is OC[C@H]1C[C@H](CN2CCCC2)CN(Cc2cc(-c3ccccc3)no2)C1. The summed E-state index contributed by atoms with van der Waals surface area (Å²) in [5.74, 6) is 1.91. The molecule has 3 heterocycles.